The number of H-pyrrole nitrogens is 1. The van der Waals surface area contributed by atoms with Crippen molar-refractivity contribution in [1.29, 1.82) is 0 Å². The highest BCUT2D eigenvalue weighted by Gasteiger charge is 2.17. The number of allylic oxidation sites excluding steroid dienone is 7. The van der Waals surface area contributed by atoms with E-state index in [0.717, 1.165) is 34.6 Å². The summed E-state index contributed by atoms with van der Waals surface area (Å²) in [5.41, 5.74) is 2.70. The van der Waals surface area contributed by atoms with Gasteiger partial charge in [0.2, 0.25) is 5.95 Å². The van der Waals surface area contributed by atoms with Crippen LogP contribution < -0.4 is 5.32 Å². The van der Waals surface area contributed by atoms with Gasteiger partial charge in [0.05, 0.1) is 14.5 Å². The number of nitrogens with one attached hydrogen (secondary N) is 2. The fraction of sp³-hybridized carbons (Fsp3) is 0. The third-order valence-electron chi connectivity index (χ3n) is 2.97. The molecule has 7 heteroatoms. The van der Waals surface area contributed by atoms with Gasteiger partial charge in [-0.2, -0.15) is 0 Å². The average molecular weight is 551 g/mol. The molecule has 0 aliphatic heterocycles. The second kappa shape index (κ2) is 6.86. The minimum Gasteiger partial charge on any atom is -0.326 e. The normalized spacial score (nSPS) is 14.1. The lowest BCUT2D eigenvalue weighted by molar-refractivity contribution is 1.28. The summed E-state index contributed by atoms with van der Waals surface area (Å²) in [5.74, 6) is 0.676. The van der Waals surface area contributed by atoms with Crippen LogP contribution in [0, 0.1) is 0 Å². The zero-order valence-corrected chi connectivity index (χ0v) is 17.3. The predicted molar refractivity (Wildman–Crippen MR) is 106 cm³/mol. The van der Waals surface area contributed by atoms with E-state index in [9.17, 15) is 0 Å². The fourth-order valence-electron chi connectivity index (χ4n) is 1.94. The number of rotatable bonds is 2. The zero-order valence-electron chi connectivity index (χ0n) is 11.0. The van der Waals surface area contributed by atoms with Crippen LogP contribution in [0.4, 0.5) is 5.95 Å². The molecular formula is C15H9Br4N3. The van der Waals surface area contributed by atoms with E-state index in [0.29, 0.717) is 5.95 Å². The fourth-order valence-corrected chi connectivity index (χ4v) is 4.23. The van der Waals surface area contributed by atoms with E-state index in [2.05, 4.69) is 79.0 Å². The van der Waals surface area contributed by atoms with Crippen molar-refractivity contribution in [1.82, 2.24) is 9.97 Å². The monoisotopic (exact) mass is 547 g/mol. The first kappa shape index (κ1) is 16.2. The van der Waals surface area contributed by atoms with Crippen LogP contribution in [0.1, 0.15) is 0 Å². The summed E-state index contributed by atoms with van der Waals surface area (Å²) in [6, 6.07) is 0. The molecule has 112 valence electrons. The Labute approximate surface area is 161 Å². The molecule has 1 aromatic heterocycles. The summed E-state index contributed by atoms with van der Waals surface area (Å²) in [6.45, 7) is 0. The molecule has 2 aromatic rings. The first-order valence-corrected chi connectivity index (χ1v) is 9.45. The highest BCUT2D eigenvalue weighted by Crippen LogP contribution is 2.42. The maximum absolute atomic E-state index is 4.61. The van der Waals surface area contributed by atoms with Crippen molar-refractivity contribution >= 4 is 80.7 Å². The molecule has 1 aliphatic rings. The van der Waals surface area contributed by atoms with E-state index in [1.165, 1.54) is 0 Å². The van der Waals surface area contributed by atoms with Crippen LogP contribution in [0.15, 0.2) is 66.1 Å². The Morgan fingerprint density at radius 3 is 2.32 bits per heavy atom. The minimum absolute atomic E-state index is 0.676. The van der Waals surface area contributed by atoms with Crippen molar-refractivity contribution in [3.05, 3.63) is 66.1 Å². The van der Waals surface area contributed by atoms with Crippen LogP contribution in [-0.2, 0) is 0 Å². The smallest absolute Gasteiger partial charge is 0.205 e. The number of imidazole rings is 1. The maximum atomic E-state index is 4.61. The van der Waals surface area contributed by atoms with Crippen molar-refractivity contribution in [3.63, 3.8) is 0 Å². The molecule has 1 aliphatic carbocycles. The molecule has 1 aromatic carbocycles. The predicted octanol–water partition coefficient (Wildman–Crippen LogP) is 6.59. The molecule has 0 saturated heterocycles. The van der Waals surface area contributed by atoms with Gasteiger partial charge in [-0.1, -0.05) is 30.4 Å². The van der Waals surface area contributed by atoms with E-state index in [1.807, 2.05) is 42.5 Å². The van der Waals surface area contributed by atoms with Gasteiger partial charge in [-0.05, 0) is 75.9 Å². The van der Waals surface area contributed by atoms with Crippen molar-refractivity contribution in [2.45, 2.75) is 0 Å². The van der Waals surface area contributed by atoms with Crippen LogP contribution >= 0.6 is 63.7 Å². The summed E-state index contributed by atoms with van der Waals surface area (Å²) in [4.78, 5) is 7.90. The Hall–Kier alpha value is -0.630. The molecular weight excluding hydrogens is 542 g/mol. The number of aromatic nitrogens is 2. The highest BCUT2D eigenvalue weighted by atomic mass is 79.9. The number of hydrogen-bond donors (Lipinski definition) is 2. The van der Waals surface area contributed by atoms with E-state index in [4.69, 9.17) is 0 Å². The topological polar surface area (TPSA) is 40.7 Å². The summed E-state index contributed by atoms with van der Waals surface area (Å²) < 4.78 is 3.67. The van der Waals surface area contributed by atoms with Gasteiger partial charge in [0.25, 0.3) is 0 Å². The minimum atomic E-state index is 0.676. The molecule has 2 N–H and O–H groups in total. The molecule has 0 spiro atoms. The Kier molecular flexibility index (Phi) is 5.07. The Morgan fingerprint density at radius 2 is 1.50 bits per heavy atom. The number of hydrogen-bond acceptors (Lipinski definition) is 2. The second-order valence-corrected chi connectivity index (χ2v) is 7.61. The molecule has 0 radical (unpaired) electrons. The lowest BCUT2D eigenvalue weighted by Crippen LogP contribution is -1.98. The van der Waals surface area contributed by atoms with Gasteiger partial charge >= 0.3 is 0 Å². The van der Waals surface area contributed by atoms with Crippen LogP contribution in [0.3, 0.4) is 0 Å². The van der Waals surface area contributed by atoms with E-state index in [1.54, 1.807) is 0 Å². The van der Waals surface area contributed by atoms with E-state index >= 15 is 0 Å². The number of nitrogens with zero attached hydrogens (tertiary/aromatic N) is 1. The van der Waals surface area contributed by atoms with E-state index in [-0.39, 0.29) is 0 Å². The molecule has 0 amide bonds. The largest absolute Gasteiger partial charge is 0.326 e. The van der Waals surface area contributed by atoms with Gasteiger partial charge in [0, 0.05) is 14.6 Å². The molecule has 3 rings (SSSR count). The number of anilines is 1. The first-order valence-electron chi connectivity index (χ1n) is 6.28. The number of fused-ring (bicyclic) bond motifs is 1. The second-order valence-electron chi connectivity index (χ2n) is 4.44. The first-order chi connectivity index (χ1) is 10.6. The van der Waals surface area contributed by atoms with E-state index < -0.39 is 0 Å². The Morgan fingerprint density at radius 1 is 0.818 bits per heavy atom. The van der Waals surface area contributed by atoms with Crippen molar-refractivity contribution in [2.24, 2.45) is 0 Å². The molecule has 22 heavy (non-hydrogen) atoms. The standard InChI is InChI=1S/C15H9Br4N3/c16-9-10(17)12(19)14-13(11(9)18)21-15(22-14)20-8-6-4-2-1-3-5-7-8/h1-7H,(H2,20,21,22). The van der Waals surface area contributed by atoms with Crippen LogP contribution in [0.5, 0.6) is 0 Å². The molecule has 0 atom stereocenters. The summed E-state index contributed by atoms with van der Waals surface area (Å²) in [6.07, 6.45) is 13.9. The average Bonchev–Trinajstić information content (AvgIpc) is 2.90. The molecule has 0 unspecified atom stereocenters. The van der Waals surface area contributed by atoms with Gasteiger partial charge in [-0.15, -0.1) is 0 Å². The van der Waals surface area contributed by atoms with Crippen molar-refractivity contribution in [2.75, 3.05) is 5.32 Å². The van der Waals surface area contributed by atoms with Gasteiger partial charge in [-0.3, -0.25) is 0 Å². The summed E-state index contributed by atoms with van der Waals surface area (Å²) in [7, 11) is 0. The lowest BCUT2D eigenvalue weighted by Gasteiger charge is -2.03. The molecule has 0 saturated carbocycles. The number of aromatic amines is 1. The lowest BCUT2D eigenvalue weighted by atomic mass is 10.3. The highest BCUT2D eigenvalue weighted by molar-refractivity contribution is 9.15. The zero-order chi connectivity index (χ0) is 15.7. The van der Waals surface area contributed by atoms with Gasteiger partial charge in [0.1, 0.15) is 5.52 Å². The quantitative estimate of drug-likeness (QED) is 0.327. The van der Waals surface area contributed by atoms with Gasteiger partial charge < -0.3 is 10.3 Å². The van der Waals surface area contributed by atoms with Crippen molar-refractivity contribution in [3.8, 4) is 0 Å². The molecule has 0 fully saturated rings. The van der Waals surface area contributed by atoms with Gasteiger partial charge in [-0.25, -0.2) is 4.98 Å². The van der Waals surface area contributed by atoms with Crippen LogP contribution in [-0.4, -0.2) is 9.97 Å². The molecule has 1 heterocycles. The third kappa shape index (κ3) is 3.18. The Balaban J connectivity index is 2.03. The number of halogens is 4. The number of benzene rings is 1. The Bertz CT molecular complexity index is 815. The molecule has 3 nitrogen and oxygen atoms in total. The molecule has 0 bridgehead atoms. The summed E-state index contributed by atoms with van der Waals surface area (Å²) >= 11 is 14.2. The van der Waals surface area contributed by atoms with Gasteiger partial charge in [0.15, 0.2) is 0 Å². The summed E-state index contributed by atoms with van der Waals surface area (Å²) in [5, 5.41) is 3.28. The SMILES string of the molecule is Brc1c(Br)c(Br)c2[nH]c(NC3=CC=CC=CC=C3)nc2c1Br. The third-order valence-corrected chi connectivity index (χ3v) is 7.72. The van der Waals surface area contributed by atoms with Crippen LogP contribution in [0.25, 0.3) is 11.0 Å². The van der Waals surface area contributed by atoms with Crippen LogP contribution in [0.2, 0.25) is 0 Å². The maximum Gasteiger partial charge on any atom is 0.205 e. The van der Waals surface area contributed by atoms with Crippen molar-refractivity contribution < 1.29 is 0 Å².